The lowest BCUT2D eigenvalue weighted by molar-refractivity contribution is 0.187. The van der Waals surface area contributed by atoms with Gasteiger partial charge in [0, 0.05) is 10.1 Å². The lowest BCUT2D eigenvalue weighted by atomic mass is 10.2. The van der Waals surface area contributed by atoms with Gasteiger partial charge in [-0.3, -0.25) is 5.32 Å². The zero-order valence-corrected chi connectivity index (χ0v) is 12.9. The number of thiophene rings is 1. The molecule has 2 aromatic rings. The van der Waals surface area contributed by atoms with Crippen molar-refractivity contribution in [3.8, 4) is 5.75 Å². The first kappa shape index (κ1) is 14.5. The van der Waals surface area contributed by atoms with E-state index in [9.17, 15) is 4.79 Å². The van der Waals surface area contributed by atoms with Crippen molar-refractivity contribution in [2.75, 3.05) is 19.5 Å². The van der Waals surface area contributed by atoms with Gasteiger partial charge in [0.15, 0.2) is 5.75 Å². The summed E-state index contributed by atoms with van der Waals surface area (Å²) in [5.74, 6) is 0.347. The summed E-state index contributed by atoms with van der Waals surface area (Å²) in [4.78, 5) is 11.2. The minimum absolute atomic E-state index is 0.309. The van der Waals surface area contributed by atoms with E-state index in [0.29, 0.717) is 31.2 Å². The maximum absolute atomic E-state index is 11.2. The van der Waals surface area contributed by atoms with Gasteiger partial charge in [-0.1, -0.05) is 34.8 Å². The van der Waals surface area contributed by atoms with Crippen molar-refractivity contribution in [3.05, 3.63) is 21.1 Å². The van der Waals surface area contributed by atoms with Gasteiger partial charge in [0.2, 0.25) is 0 Å². The van der Waals surface area contributed by atoms with Crippen LogP contribution in [0.4, 0.5) is 9.80 Å². The molecule has 0 fully saturated rings. The van der Waals surface area contributed by atoms with E-state index < -0.39 is 6.09 Å². The number of carbonyl (C=O) groups is 1. The van der Waals surface area contributed by atoms with Crippen LogP contribution in [0.15, 0.2) is 6.07 Å². The number of anilines is 1. The molecule has 0 unspecified atom stereocenters. The first-order valence-electron chi connectivity index (χ1n) is 4.98. The fourth-order valence-electron chi connectivity index (χ4n) is 1.54. The molecular weight excluding hydrogens is 333 g/mol. The van der Waals surface area contributed by atoms with E-state index in [1.807, 2.05) is 0 Å². The predicted molar refractivity (Wildman–Crippen MR) is 79.4 cm³/mol. The van der Waals surface area contributed by atoms with E-state index in [-0.39, 0.29) is 0 Å². The standard InChI is InChI=1S/C11H8Cl3NO3S/c1-17-9-4(12)3-5-6(7(9)13)8(14)10(19-5)15-11(16)18-2/h3H,1-2H3,(H,15,16). The van der Waals surface area contributed by atoms with Crippen molar-refractivity contribution in [1.82, 2.24) is 0 Å². The molecule has 0 saturated carbocycles. The number of nitrogens with one attached hydrogen (secondary N) is 1. The minimum Gasteiger partial charge on any atom is -0.494 e. The number of hydrogen-bond acceptors (Lipinski definition) is 4. The summed E-state index contributed by atoms with van der Waals surface area (Å²) >= 11 is 19.7. The molecule has 1 aromatic carbocycles. The molecule has 1 aromatic heterocycles. The van der Waals surface area contributed by atoms with Gasteiger partial charge in [0.1, 0.15) is 5.00 Å². The Labute approximate surface area is 128 Å². The van der Waals surface area contributed by atoms with Crippen LogP contribution in [0, 0.1) is 0 Å². The summed E-state index contributed by atoms with van der Waals surface area (Å²) in [5.41, 5.74) is 0. The number of hydrogen-bond donors (Lipinski definition) is 1. The number of fused-ring (bicyclic) bond motifs is 1. The number of amides is 1. The largest absolute Gasteiger partial charge is 0.494 e. The molecule has 1 N–H and O–H groups in total. The van der Waals surface area contributed by atoms with Gasteiger partial charge in [-0.15, -0.1) is 11.3 Å². The van der Waals surface area contributed by atoms with Gasteiger partial charge in [-0.2, -0.15) is 0 Å². The maximum atomic E-state index is 11.2. The molecule has 0 radical (unpaired) electrons. The zero-order chi connectivity index (χ0) is 14.2. The first-order valence-corrected chi connectivity index (χ1v) is 6.93. The lowest BCUT2D eigenvalue weighted by Crippen LogP contribution is -2.09. The second-order valence-electron chi connectivity index (χ2n) is 3.44. The SMILES string of the molecule is COC(=O)Nc1sc2cc(Cl)c(OC)c(Cl)c2c1Cl. The summed E-state index contributed by atoms with van der Waals surface area (Å²) < 4.78 is 10.4. The average Bonchev–Trinajstić information content (AvgIpc) is 2.66. The number of halogens is 3. The topological polar surface area (TPSA) is 47.6 Å². The Balaban J connectivity index is 2.64. The molecule has 1 heterocycles. The van der Waals surface area contributed by atoms with E-state index in [4.69, 9.17) is 39.5 Å². The van der Waals surface area contributed by atoms with Gasteiger partial charge in [-0.05, 0) is 6.07 Å². The average molecular weight is 341 g/mol. The minimum atomic E-state index is -0.609. The molecule has 8 heteroatoms. The van der Waals surface area contributed by atoms with Crippen LogP contribution in [0.5, 0.6) is 5.75 Å². The van der Waals surface area contributed by atoms with Crippen molar-refractivity contribution < 1.29 is 14.3 Å². The van der Waals surface area contributed by atoms with E-state index in [1.54, 1.807) is 6.07 Å². The zero-order valence-electron chi connectivity index (χ0n) is 9.84. The summed E-state index contributed by atoms with van der Waals surface area (Å²) in [6.45, 7) is 0. The Morgan fingerprint density at radius 1 is 1.26 bits per heavy atom. The number of ether oxygens (including phenoxy) is 2. The summed E-state index contributed by atoms with van der Waals surface area (Å²) in [6, 6.07) is 1.68. The second kappa shape index (κ2) is 5.63. The third kappa shape index (κ3) is 2.56. The van der Waals surface area contributed by atoms with Crippen LogP contribution in [-0.2, 0) is 4.74 Å². The Hall–Kier alpha value is -0.880. The second-order valence-corrected chi connectivity index (χ2v) is 5.66. The molecule has 0 aliphatic rings. The van der Waals surface area contributed by atoms with Crippen LogP contribution in [-0.4, -0.2) is 20.3 Å². The molecule has 19 heavy (non-hydrogen) atoms. The van der Waals surface area contributed by atoms with Crippen molar-refractivity contribution in [2.24, 2.45) is 0 Å². The Bertz CT molecular complexity index is 656. The molecule has 0 bridgehead atoms. The molecule has 0 aliphatic carbocycles. The predicted octanol–water partition coefficient (Wildman–Crippen LogP) is 5.05. The van der Waals surface area contributed by atoms with Crippen molar-refractivity contribution >= 4 is 67.3 Å². The fourth-order valence-corrected chi connectivity index (χ4v) is 3.86. The molecule has 0 spiro atoms. The number of carbonyl (C=O) groups excluding carboxylic acids is 1. The molecule has 0 saturated heterocycles. The highest BCUT2D eigenvalue weighted by Crippen LogP contribution is 2.48. The van der Waals surface area contributed by atoms with Gasteiger partial charge < -0.3 is 9.47 Å². The molecule has 0 aliphatic heterocycles. The quantitative estimate of drug-likeness (QED) is 0.832. The third-order valence-electron chi connectivity index (χ3n) is 2.38. The Morgan fingerprint density at radius 2 is 1.95 bits per heavy atom. The highest BCUT2D eigenvalue weighted by Gasteiger charge is 2.20. The molecule has 0 atom stereocenters. The molecule has 102 valence electrons. The Kier molecular flexibility index (Phi) is 4.30. The van der Waals surface area contributed by atoms with Crippen LogP contribution in [0.1, 0.15) is 0 Å². The lowest BCUT2D eigenvalue weighted by Gasteiger charge is -2.06. The maximum Gasteiger partial charge on any atom is 0.412 e. The highest BCUT2D eigenvalue weighted by molar-refractivity contribution is 7.24. The highest BCUT2D eigenvalue weighted by atomic mass is 35.5. The van der Waals surface area contributed by atoms with Gasteiger partial charge >= 0.3 is 6.09 Å². The first-order chi connectivity index (χ1) is 8.99. The summed E-state index contributed by atoms with van der Waals surface area (Å²) in [6.07, 6.45) is -0.609. The number of rotatable bonds is 2. The van der Waals surface area contributed by atoms with Gasteiger partial charge in [0.05, 0.1) is 29.3 Å². The van der Waals surface area contributed by atoms with E-state index >= 15 is 0 Å². The summed E-state index contributed by atoms with van der Waals surface area (Å²) in [5, 5.41) is 4.55. The smallest absolute Gasteiger partial charge is 0.412 e. The van der Waals surface area contributed by atoms with E-state index in [0.717, 1.165) is 4.70 Å². The summed E-state index contributed by atoms with van der Waals surface area (Å²) in [7, 11) is 2.73. The van der Waals surface area contributed by atoms with Crippen LogP contribution in [0.25, 0.3) is 10.1 Å². The monoisotopic (exact) mass is 339 g/mol. The van der Waals surface area contributed by atoms with Crippen molar-refractivity contribution in [1.29, 1.82) is 0 Å². The van der Waals surface area contributed by atoms with Crippen LogP contribution < -0.4 is 10.1 Å². The molecule has 4 nitrogen and oxygen atoms in total. The van der Waals surface area contributed by atoms with Crippen LogP contribution in [0.3, 0.4) is 0 Å². The fraction of sp³-hybridized carbons (Fsp3) is 0.182. The van der Waals surface area contributed by atoms with Gasteiger partial charge in [-0.25, -0.2) is 4.79 Å². The van der Waals surface area contributed by atoms with Crippen LogP contribution >= 0.6 is 46.1 Å². The normalized spacial score (nSPS) is 10.6. The molecular formula is C11H8Cl3NO3S. The number of benzene rings is 1. The van der Waals surface area contributed by atoms with Crippen LogP contribution in [0.2, 0.25) is 15.1 Å². The van der Waals surface area contributed by atoms with Crippen molar-refractivity contribution in [2.45, 2.75) is 0 Å². The Morgan fingerprint density at radius 3 is 2.53 bits per heavy atom. The van der Waals surface area contributed by atoms with Gasteiger partial charge in [0.25, 0.3) is 0 Å². The molecule has 2 rings (SSSR count). The van der Waals surface area contributed by atoms with E-state index in [1.165, 1.54) is 25.6 Å². The third-order valence-corrected chi connectivity index (χ3v) is 4.56. The van der Waals surface area contributed by atoms with Crippen molar-refractivity contribution in [3.63, 3.8) is 0 Å². The number of methoxy groups -OCH3 is 2. The van der Waals surface area contributed by atoms with E-state index in [2.05, 4.69) is 10.1 Å². The molecule has 1 amide bonds.